The first-order chi connectivity index (χ1) is 13.8. The third kappa shape index (κ3) is 4.98. The molecule has 1 aromatic carbocycles. The van der Waals surface area contributed by atoms with Gasteiger partial charge in [-0.25, -0.2) is 4.68 Å². The first-order valence-electron chi connectivity index (χ1n) is 8.70. The summed E-state index contributed by atoms with van der Waals surface area (Å²) >= 11 is 12.5. The van der Waals surface area contributed by atoms with Crippen LogP contribution in [0.25, 0.3) is 6.08 Å². The van der Waals surface area contributed by atoms with Gasteiger partial charge >= 0.3 is 5.97 Å². The van der Waals surface area contributed by atoms with Crippen LogP contribution in [0, 0.1) is 6.92 Å². The van der Waals surface area contributed by atoms with Crippen LogP contribution in [-0.4, -0.2) is 42.5 Å². The first-order valence-corrected chi connectivity index (χ1v) is 10.3. The number of carboxylic acids is 1. The quantitative estimate of drug-likeness (QED) is 0.497. The number of nitrogens with zero attached hydrogens (tertiary/aromatic N) is 3. The Labute approximate surface area is 182 Å². The highest BCUT2D eigenvalue weighted by molar-refractivity contribution is 8.26. The molecule has 2 heterocycles. The van der Waals surface area contributed by atoms with Gasteiger partial charge in [-0.2, -0.15) is 5.10 Å². The van der Waals surface area contributed by atoms with Crippen molar-refractivity contribution in [1.82, 2.24) is 14.7 Å². The van der Waals surface area contributed by atoms with Crippen molar-refractivity contribution in [2.24, 2.45) is 7.05 Å². The second kappa shape index (κ2) is 8.98. The molecule has 1 saturated heterocycles. The maximum absolute atomic E-state index is 12.7. The average Bonchev–Trinajstić information content (AvgIpc) is 3.05. The van der Waals surface area contributed by atoms with Crippen molar-refractivity contribution in [1.29, 1.82) is 0 Å². The predicted molar refractivity (Wildman–Crippen MR) is 116 cm³/mol. The summed E-state index contributed by atoms with van der Waals surface area (Å²) in [4.78, 5) is 25.3. The minimum absolute atomic E-state index is 0.0184. The molecule has 1 aliphatic heterocycles. The smallest absolute Gasteiger partial charge is 0.303 e. The van der Waals surface area contributed by atoms with E-state index < -0.39 is 5.97 Å². The fourth-order valence-electron chi connectivity index (χ4n) is 2.79. The molecule has 1 N–H and O–H groups in total. The lowest BCUT2D eigenvalue weighted by atomic mass is 10.2. The van der Waals surface area contributed by atoms with Crippen molar-refractivity contribution in [3.8, 4) is 11.6 Å². The number of amides is 1. The largest absolute Gasteiger partial charge is 0.481 e. The van der Waals surface area contributed by atoms with Gasteiger partial charge in [0.15, 0.2) is 0 Å². The Morgan fingerprint density at radius 2 is 2.21 bits per heavy atom. The van der Waals surface area contributed by atoms with E-state index in [2.05, 4.69) is 5.10 Å². The Morgan fingerprint density at radius 3 is 2.90 bits per heavy atom. The Hall–Kier alpha value is -2.36. The summed E-state index contributed by atoms with van der Waals surface area (Å²) in [7, 11) is 1.75. The van der Waals surface area contributed by atoms with Gasteiger partial charge in [-0.15, -0.1) is 0 Å². The number of rotatable bonds is 7. The first kappa shape index (κ1) is 21.4. The van der Waals surface area contributed by atoms with Crippen LogP contribution in [0.1, 0.15) is 24.1 Å². The minimum Gasteiger partial charge on any atom is -0.481 e. The van der Waals surface area contributed by atoms with E-state index in [9.17, 15) is 9.59 Å². The Kier molecular flexibility index (Phi) is 6.61. The van der Waals surface area contributed by atoms with Gasteiger partial charge in [-0.3, -0.25) is 14.5 Å². The van der Waals surface area contributed by atoms with Crippen LogP contribution in [-0.2, 0) is 16.6 Å². The lowest BCUT2D eigenvalue weighted by Gasteiger charge is -2.13. The van der Waals surface area contributed by atoms with E-state index in [0.717, 1.165) is 0 Å². The van der Waals surface area contributed by atoms with Gasteiger partial charge in [0.05, 0.1) is 16.2 Å². The fraction of sp³-hybridized carbons (Fsp3) is 0.263. The molecule has 0 bridgehead atoms. The minimum atomic E-state index is -0.903. The monoisotopic (exact) mass is 451 g/mol. The van der Waals surface area contributed by atoms with Crippen LogP contribution >= 0.6 is 35.6 Å². The van der Waals surface area contributed by atoms with E-state index in [1.807, 2.05) is 6.92 Å². The van der Waals surface area contributed by atoms with Crippen LogP contribution in [0.2, 0.25) is 5.02 Å². The van der Waals surface area contributed by atoms with Gasteiger partial charge in [0.1, 0.15) is 10.1 Å². The zero-order valence-corrected chi connectivity index (χ0v) is 18.1. The number of benzene rings is 1. The van der Waals surface area contributed by atoms with Crippen molar-refractivity contribution in [3.63, 3.8) is 0 Å². The number of ether oxygens (including phenoxy) is 1. The molecular formula is C19H18ClN3O4S2. The molecule has 0 aliphatic carbocycles. The molecule has 0 radical (unpaired) electrons. The lowest BCUT2D eigenvalue weighted by molar-refractivity contribution is -0.137. The SMILES string of the molecule is Cc1nn(C)c(Oc2cccc(Cl)c2)c1C=C1SC(=S)N(CCCC(=O)O)C1=O. The molecule has 0 atom stereocenters. The van der Waals surface area contributed by atoms with Crippen molar-refractivity contribution >= 4 is 57.9 Å². The zero-order valence-electron chi connectivity index (χ0n) is 15.7. The fourth-order valence-corrected chi connectivity index (χ4v) is 4.27. The summed E-state index contributed by atoms with van der Waals surface area (Å²) in [6, 6.07) is 7.00. The second-order valence-electron chi connectivity index (χ2n) is 6.32. The average molecular weight is 452 g/mol. The highest BCUT2D eigenvalue weighted by atomic mass is 35.5. The molecule has 2 aromatic rings. The number of thioether (sulfide) groups is 1. The van der Waals surface area contributed by atoms with Gasteiger partial charge in [0.25, 0.3) is 5.91 Å². The van der Waals surface area contributed by atoms with Crippen LogP contribution in [0.15, 0.2) is 29.2 Å². The third-order valence-electron chi connectivity index (χ3n) is 4.15. The van der Waals surface area contributed by atoms with Gasteiger partial charge in [0.2, 0.25) is 5.88 Å². The van der Waals surface area contributed by atoms with Crippen molar-refractivity contribution in [3.05, 3.63) is 45.5 Å². The van der Waals surface area contributed by atoms with Crippen LogP contribution in [0.3, 0.4) is 0 Å². The molecular weight excluding hydrogens is 434 g/mol. The van der Waals surface area contributed by atoms with Crippen molar-refractivity contribution in [2.45, 2.75) is 19.8 Å². The highest BCUT2D eigenvalue weighted by Gasteiger charge is 2.32. The molecule has 1 aliphatic rings. The standard InChI is InChI=1S/C19H18ClN3O4S2/c1-11-14(18(22(2)21-11)27-13-6-3-5-12(20)9-13)10-15-17(26)23(19(28)29-15)8-4-7-16(24)25/h3,5-6,9-10H,4,7-8H2,1-2H3,(H,24,25). The highest BCUT2D eigenvalue weighted by Crippen LogP contribution is 2.36. The Balaban J connectivity index is 1.85. The number of aromatic nitrogens is 2. The summed E-state index contributed by atoms with van der Waals surface area (Å²) in [5.74, 6) is -0.126. The number of hydrogen-bond acceptors (Lipinski definition) is 6. The van der Waals surface area contributed by atoms with Gasteiger partial charge in [-0.05, 0) is 37.6 Å². The van der Waals surface area contributed by atoms with Crippen LogP contribution in [0.5, 0.6) is 11.6 Å². The van der Waals surface area contributed by atoms with Crippen molar-refractivity contribution < 1.29 is 19.4 Å². The molecule has 0 unspecified atom stereocenters. The van der Waals surface area contributed by atoms with E-state index in [0.29, 0.717) is 43.6 Å². The summed E-state index contributed by atoms with van der Waals surface area (Å²) < 4.78 is 7.97. The number of halogens is 1. The summed E-state index contributed by atoms with van der Waals surface area (Å²) in [6.07, 6.45) is 2.03. The number of aryl methyl sites for hydroxylation is 2. The molecule has 29 heavy (non-hydrogen) atoms. The summed E-state index contributed by atoms with van der Waals surface area (Å²) in [5, 5.41) is 13.7. The zero-order chi connectivity index (χ0) is 21.1. The molecule has 1 aromatic heterocycles. The molecule has 10 heteroatoms. The summed E-state index contributed by atoms with van der Waals surface area (Å²) in [5.41, 5.74) is 1.36. The van der Waals surface area contributed by atoms with Gasteiger partial charge < -0.3 is 9.84 Å². The molecule has 1 fully saturated rings. The second-order valence-corrected chi connectivity index (χ2v) is 8.43. The Morgan fingerprint density at radius 1 is 1.45 bits per heavy atom. The number of carboxylic acid groups (broad SMARTS) is 1. The number of thiocarbonyl (C=S) groups is 1. The number of hydrogen-bond donors (Lipinski definition) is 1. The number of carbonyl (C=O) groups excluding carboxylic acids is 1. The lowest BCUT2D eigenvalue weighted by Crippen LogP contribution is -2.29. The molecule has 0 spiro atoms. The summed E-state index contributed by atoms with van der Waals surface area (Å²) in [6.45, 7) is 2.09. The maximum atomic E-state index is 12.7. The van der Waals surface area contributed by atoms with Crippen LogP contribution in [0.4, 0.5) is 0 Å². The van der Waals surface area contributed by atoms with E-state index in [4.69, 9.17) is 33.7 Å². The predicted octanol–water partition coefficient (Wildman–Crippen LogP) is 4.24. The van der Waals surface area contributed by atoms with E-state index >= 15 is 0 Å². The third-order valence-corrected chi connectivity index (χ3v) is 5.76. The molecule has 0 saturated carbocycles. The topological polar surface area (TPSA) is 84.7 Å². The molecule has 152 valence electrons. The van der Waals surface area contributed by atoms with E-state index in [1.54, 1.807) is 42.1 Å². The normalized spacial score (nSPS) is 15.4. The molecule has 3 rings (SSSR count). The number of carbonyl (C=O) groups is 2. The molecule has 1 amide bonds. The Bertz CT molecular complexity index is 1020. The van der Waals surface area contributed by atoms with Gasteiger partial charge in [0, 0.05) is 25.0 Å². The number of aliphatic carboxylic acids is 1. The van der Waals surface area contributed by atoms with Crippen LogP contribution < -0.4 is 4.74 Å². The molecule has 7 nitrogen and oxygen atoms in total. The maximum Gasteiger partial charge on any atom is 0.303 e. The van der Waals surface area contributed by atoms with E-state index in [1.165, 1.54) is 16.7 Å². The van der Waals surface area contributed by atoms with Crippen molar-refractivity contribution in [2.75, 3.05) is 6.54 Å². The van der Waals surface area contributed by atoms with E-state index in [-0.39, 0.29) is 18.9 Å². The van der Waals surface area contributed by atoms with Gasteiger partial charge in [-0.1, -0.05) is 41.6 Å².